The van der Waals surface area contributed by atoms with Crippen LogP contribution in [0.2, 0.25) is 0 Å². The number of phenolic OH excluding ortho intramolecular Hbond substituents is 1. The molecular weight excluding hydrogens is 388 g/mol. The van der Waals surface area contributed by atoms with E-state index in [9.17, 15) is 5.11 Å². The molecule has 1 aliphatic rings. The van der Waals surface area contributed by atoms with E-state index < -0.39 is 0 Å². The summed E-state index contributed by atoms with van der Waals surface area (Å²) in [6.45, 7) is 0.537. The topological polar surface area (TPSA) is 57.7 Å². The molecule has 5 rings (SSSR count). The molecule has 0 radical (unpaired) electrons. The number of ether oxygens (including phenoxy) is 2. The molecule has 2 N–H and O–H groups in total. The summed E-state index contributed by atoms with van der Waals surface area (Å²) in [6.07, 6.45) is 2.09. The molecule has 0 spiro atoms. The summed E-state index contributed by atoms with van der Waals surface area (Å²) in [6, 6.07) is 20.3. The number of aromatic nitrogens is 1. The highest BCUT2D eigenvalue weighted by atomic mass is 16.5. The number of rotatable bonds is 4. The summed E-state index contributed by atoms with van der Waals surface area (Å²) < 4.78 is 11.5. The molecule has 0 saturated carbocycles. The molecule has 0 bridgehead atoms. The second-order valence-corrected chi connectivity index (χ2v) is 8.26. The van der Waals surface area contributed by atoms with E-state index in [0.29, 0.717) is 6.61 Å². The number of aromatic amines is 1. The monoisotopic (exact) mass is 414 g/mol. The fourth-order valence-corrected chi connectivity index (χ4v) is 4.62. The van der Waals surface area contributed by atoms with Crippen LogP contribution in [0.15, 0.2) is 66.9 Å². The number of H-pyrrole nitrogens is 1. The van der Waals surface area contributed by atoms with Crippen LogP contribution < -0.4 is 14.4 Å². The molecule has 0 amide bonds. The molecule has 5 nitrogen and oxygen atoms in total. The largest absolute Gasteiger partial charge is 0.508 e. The van der Waals surface area contributed by atoms with E-state index in [1.54, 1.807) is 19.2 Å². The Balaban J connectivity index is 1.64. The third-order valence-corrected chi connectivity index (χ3v) is 6.24. The van der Waals surface area contributed by atoms with Gasteiger partial charge < -0.3 is 24.5 Å². The zero-order valence-electron chi connectivity index (χ0n) is 17.9. The molecule has 0 saturated heterocycles. The summed E-state index contributed by atoms with van der Waals surface area (Å²) in [5.74, 6) is 2.04. The van der Waals surface area contributed by atoms with Crippen molar-refractivity contribution in [2.24, 2.45) is 0 Å². The lowest BCUT2D eigenvalue weighted by atomic mass is 9.75. The maximum atomic E-state index is 9.98. The van der Waals surface area contributed by atoms with Gasteiger partial charge in [0.1, 0.15) is 17.2 Å². The van der Waals surface area contributed by atoms with Gasteiger partial charge in [0, 0.05) is 66.4 Å². The zero-order chi connectivity index (χ0) is 21.5. The number of hydrogen-bond acceptors (Lipinski definition) is 4. The van der Waals surface area contributed by atoms with E-state index in [4.69, 9.17) is 9.47 Å². The average Bonchev–Trinajstić information content (AvgIpc) is 3.21. The van der Waals surface area contributed by atoms with Crippen molar-refractivity contribution in [3.05, 3.63) is 83.6 Å². The third-order valence-electron chi connectivity index (χ3n) is 6.24. The van der Waals surface area contributed by atoms with E-state index in [2.05, 4.69) is 46.4 Å². The Hall–Kier alpha value is -3.60. The Morgan fingerprint density at radius 3 is 2.55 bits per heavy atom. The van der Waals surface area contributed by atoms with Crippen molar-refractivity contribution in [3.63, 3.8) is 0 Å². The van der Waals surface area contributed by atoms with E-state index in [-0.39, 0.29) is 17.6 Å². The zero-order valence-corrected chi connectivity index (χ0v) is 17.9. The summed E-state index contributed by atoms with van der Waals surface area (Å²) in [5, 5.41) is 11.2. The van der Waals surface area contributed by atoms with Crippen LogP contribution in [0.25, 0.3) is 10.9 Å². The summed E-state index contributed by atoms with van der Waals surface area (Å²) in [4.78, 5) is 5.51. The van der Waals surface area contributed by atoms with E-state index in [0.717, 1.165) is 28.3 Å². The first-order valence-electron chi connectivity index (χ1n) is 10.4. The molecule has 31 heavy (non-hydrogen) atoms. The van der Waals surface area contributed by atoms with Crippen LogP contribution in [-0.2, 0) is 0 Å². The number of fused-ring (bicyclic) bond motifs is 2. The molecule has 2 unspecified atom stereocenters. The van der Waals surface area contributed by atoms with Crippen molar-refractivity contribution in [2.45, 2.75) is 11.8 Å². The number of nitrogens with one attached hydrogen (secondary N) is 1. The van der Waals surface area contributed by atoms with Crippen LogP contribution in [0, 0.1) is 0 Å². The Morgan fingerprint density at radius 1 is 1.00 bits per heavy atom. The van der Waals surface area contributed by atoms with Crippen molar-refractivity contribution < 1.29 is 14.6 Å². The van der Waals surface area contributed by atoms with Gasteiger partial charge >= 0.3 is 0 Å². The normalized spacial score (nSPS) is 17.8. The fourth-order valence-electron chi connectivity index (χ4n) is 4.62. The Bertz CT molecular complexity index is 1230. The first-order valence-corrected chi connectivity index (χ1v) is 10.4. The second kappa shape index (κ2) is 7.58. The van der Waals surface area contributed by atoms with Gasteiger partial charge in [-0.1, -0.05) is 18.2 Å². The molecule has 0 fully saturated rings. The van der Waals surface area contributed by atoms with Crippen LogP contribution in [0.5, 0.6) is 17.2 Å². The summed E-state index contributed by atoms with van der Waals surface area (Å²) in [5.41, 5.74) is 5.76. The molecule has 2 atom stereocenters. The minimum absolute atomic E-state index is 0.113. The van der Waals surface area contributed by atoms with Crippen molar-refractivity contribution in [2.75, 3.05) is 32.7 Å². The first kappa shape index (κ1) is 19.4. The highest BCUT2D eigenvalue weighted by Gasteiger charge is 2.35. The van der Waals surface area contributed by atoms with Crippen molar-refractivity contribution in [1.29, 1.82) is 0 Å². The lowest BCUT2D eigenvalue weighted by molar-refractivity contribution is 0.248. The summed E-state index contributed by atoms with van der Waals surface area (Å²) >= 11 is 0. The maximum Gasteiger partial charge on any atom is 0.126 e. The predicted octanol–water partition coefficient (Wildman–Crippen LogP) is 5.26. The number of aromatic hydroxyl groups is 1. The van der Waals surface area contributed by atoms with Gasteiger partial charge in [-0.15, -0.1) is 0 Å². The van der Waals surface area contributed by atoms with Crippen molar-refractivity contribution in [3.8, 4) is 17.2 Å². The molecule has 1 aromatic heterocycles. The summed E-state index contributed by atoms with van der Waals surface area (Å²) in [7, 11) is 5.77. The molecule has 1 aliphatic heterocycles. The molecule has 0 aliphatic carbocycles. The molecule has 2 heterocycles. The van der Waals surface area contributed by atoms with Gasteiger partial charge in [-0.2, -0.15) is 0 Å². The van der Waals surface area contributed by atoms with Gasteiger partial charge in [0.2, 0.25) is 0 Å². The van der Waals surface area contributed by atoms with Gasteiger partial charge in [-0.25, -0.2) is 0 Å². The van der Waals surface area contributed by atoms with Gasteiger partial charge in [0.05, 0.1) is 13.7 Å². The second-order valence-electron chi connectivity index (χ2n) is 8.26. The minimum Gasteiger partial charge on any atom is -0.508 e. The molecule has 158 valence electrons. The lowest BCUT2D eigenvalue weighted by Crippen LogP contribution is -2.25. The van der Waals surface area contributed by atoms with Crippen molar-refractivity contribution in [1.82, 2.24) is 4.98 Å². The molecular formula is C26H26N2O3. The van der Waals surface area contributed by atoms with Gasteiger partial charge in [-0.05, 0) is 41.5 Å². The fraction of sp³-hybridized carbons (Fsp3) is 0.231. The van der Waals surface area contributed by atoms with E-state index >= 15 is 0 Å². The van der Waals surface area contributed by atoms with Crippen LogP contribution in [-0.4, -0.2) is 37.9 Å². The quantitative estimate of drug-likeness (QED) is 0.478. The van der Waals surface area contributed by atoms with Crippen LogP contribution >= 0.6 is 0 Å². The van der Waals surface area contributed by atoms with Gasteiger partial charge in [0.25, 0.3) is 0 Å². The Labute approximate surface area is 181 Å². The number of hydrogen-bond donors (Lipinski definition) is 2. The number of methoxy groups -OCH3 is 1. The van der Waals surface area contributed by atoms with Crippen LogP contribution in [0.3, 0.4) is 0 Å². The number of phenols is 1. The number of benzene rings is 3. The molecule has 4 aromatic rings. The highest BCUT2D eigenvalue weighted by Crippen LogP contribution is 2.48. The van der Waals surface area contributed by atoms with Gasteiger partial charge in [-0.3, -0.25) is 0 Å². The molecule has 5 heteroatoms. The van der Waals surface area contributed by atoms with Gasteiger partial charge in [0.15, 0.2) is 0 Å². The Morgan fingerprint density at radius 2 is 1.81 bits per heavy atom. The van der Waals surface area contributed by atoms with Crippen molar-refractivity contribution >= 4 is 16.6 Å². The highest BCUT2D eigenvalue weighted by molar-refractivity contribution is 5.85. The molecule has 3 aromatic carbocycles. The van der Waals surface area contributed by atoms with Crippen LogP contribution in [0.4, 0.5) is 5.69 Å². The Kier molecular flexibility index (Phi) is 4.74. The van der Waals surface area contributed by atoms with E-state index in [1.165, 1.54) is 16.5 Å². The van der Waals surface area contributed by atoms with Crippen LogP contribution in [0.1, 0.15) is 28.5 Å². The SMILES string of the molecule is COc1ccc2c(C3COc4cc(O)ccc4C3c3ccc(N(C)C)cc3)c[nH]c2c1. The average molecular weight is 415 g/mol. The third kappa shape index (κ3) is 3.36. The number of nitrogens with zero attached hydrogens (tertiary/aromatic N) is 1. The number of anilines is 1. The minimum atomic E-state index is 0.113. The first-order chi connectivity index (χ1) is 15.0. The van der Waals surface area contributed by atoms with E-state index in [1.807, 2.05) is 32.3 Å². The standard InChI is InChI=1S/C26H26N2O3/c1-28(2)17-6-4-16(5-7-17)26-21-10-8-18(29)12-25(21)31-15-23(26)22-14-27-24-13-19(30-3)9-11-20(22)24/h4-14,23,26-27,29H,15H2,1-3H3. The smallest absolute Gasteiger partial charge is 0.126 e. The predicted molar refractivity (Wildman–Crippen MR) is 124 cm³/mol. The lowest BCUT2D eigenvalue weighted by Gasteiger charge is -2.34. The maximum absolute atomic E-state index is 9.98.